The second-order valence-corrected chi connectivity index (χ2v) is 2.33. The Labute approximate surface area is 53.6 Å². The van der Waals surface area contributed by atoms with Crippen LogP contribution >= 0.6 is 0 Å². The lowest BCUT2D eigenvalue weighted by Gasteiger charge is -1.99. The van der Waals surface area contributed by atoms with Crippen molar-refractivity contribution in [3.05, 3.63) is 0 Å². The third-order valence-electron chi connectivity index (χ3n) is 1.49. The third kappa shape index (κ3) is 2.01. The van der Waals surface area contributed by atoms with Gasteiger partial charge in [0.15, 0.2) is 0 Å². The Morgan fingerprint density at radius 2 is 2.56 bits per heavy atom. The average molecular weight is 130 g/mol. The molecule has 1 atom stereocenters. The fourth-order valence-electron chi connectivity index (χ4n) is 0.991. The molecule has 1 rings (SSSR count). The molecule has 0 aliphatic carbocycles. The van der Waals surface area contributed by atoms with Gasteiger partial charge in [0.25, 0.3) is 0 Å². The minimum atomic E-state index is -0.717. The van der Waals surface area contributed by atoms with Crippen LogP contribution in [0, 0.1) is 5.92 Å². The molecule has 0 bridgehead atoms. The van der Waals surface area contributed by atoms with Gasteiger partial charge in [0.05, 0.1) is 13.0 Å². The molecule has 0 spiro atoms. The van der Waals surface area contributed by atoms with Crippen molar-refractivity contribution in [1.29, 1.82) is 0 Å². The summed E-state index contributed by atoms with van der Waals surface area (Å²) >= 11 is 0. The molecule has 1 N–H and O–H groups in total. The fourth-order valence-corrected chi connectivity index (χ4v) is 0.991. The minimum Gasteiger partial charge on any atom is -0.481 e. The molecular formula is C6H10O3. The first kappa shape index (κ1) is 6.55. The van der Waals surface area contributed by atoms with Crippen LogP contribution in [0.5, 0.6) is 0 Å². The molecule has 52 valence electrons. The number of hydrogen-bond donors (Lipinski definition) is 1. The number of ether oxygens (including phenoxy) is 1. The second kappa shape index (κ2) is 2.82. The van der Waals surface area contributed by atoms with Crippen molar-refractivity contribution in [2.24, 2.45) is 5.92 Å². The van der Waals surface area contributed by atoms with Gasteiger partial charge in [-0.25, -0.2) is 0 Å². The monoisotopic (exact) mass is 130 g/mol. The third-order valence-corrected chi connectivity index (χ3v) is 1.49. The van der Waals surface area contributed by atoms with Crippen LogP contribution < -0.4 is 0 Å². The first-order valence-electron chi connectivity index (χ1n) is 3.08. The summed E-state index contributed by atoms with van der Waals surface area (Å²) in [6, 6.07) is 0. The summed E-state index contributed by atoms with van der Waals surface area (Å²) in [6.07, 6.45) is 1.17. The van der Waals surface area contributed by atoms with Crippen LogP contribution in [-0.2, 0) is 9.53 Å². The lowest BCUT2D eigenvalue weighted by molar-refractivity contribution is -0.138. The lowest BCUT2D eigenvalue weighted by atomic mass is 10.1. The number of carboxylic acids is 1. The maximum Gasteiger partial charge on any atom is 0.303 e. The van der Waals surface area contributed by atoms with Crippen molar-refractivity contribution < 1.29 is 14.6 Å². The molecular weight excluding hydrogens is 120 g/mol. The van der Waals surface area contributed by atoms with E-state index in [1.807, 2.05) is 0 Å². The van der Waals surface area contributed by atoms with Crippen LogP contribution in [0.15, 0.2) is 0 Å². The maximum absolute atomic E-state index is 10.1. The first-order valence-corrected chi connectivity index (χ1v) is 3.08. The van der Waals surface area contributed by atoms with Gasteiger partial charge in [-0.1, -0.05) is 0 Å². The number of carbonyl (C=O) groups is 1. The van der Waals surface area contributed by atoms with Crippen LogP contribution in [0.25, 0.3) is 0 Å². The van der Waals surface area contributed by atoms with Gasteiger partial charge in [0.2, 0.25) is 0 Å². The highest BCUT2D eigenvalue weighted by molar-refractivity contribution is 5.67. The fraction of sp³-hybridized carbons (Fsp3) is 0.833. The van der Waals surface area contributed by atoms with Gasteiger partial charge < -0.3 is 9.84 Å². The number of rotatable bonds is 2. The Balaban J connectivity index is 2.19. The van der Waals surface area contributed by atoms with E-state index >= 15 is 0 Å². The highest BCUT2D eigenvalue weighted by Gasteiger charge is 2.17. The molecule has 9 heavy (non-hydrogen) atoms. The SMILES string of the molecule is O=C(O)C[C@H]1CCOC1. The Kier molecular flexibility index (Phi) is 2.05. The zero-order chi connectivity index (χ0) is 6.69. The summed E-state index contributed by atoms with van der Waals surface area (Å²) < 4.78 is 4.99. The quantitative estimate of drug-likeness (QED) is 0.592. The molecule has 0 saturated carbocycles. The van der Waals surface area contributed by atoms with Crippen molar-refractivity contribution in [2.75, 3.05) is 13.2 Å². The van der Waals surface area contributed by atoms with Crippen molar-refractivity contribution in [1.82, 2.24) is 0 Å². The topological polar surface area (TPSA) is 46.5 Å². The zero-order valence-electron chi connectivity index (χ0n) is 5.17. The second-order valence-electron chi connectivity index (χ2n) is 2.33. The van der Waals surface area contributed by atoms with E-state index in [-0.39, 0.29) is 12.3 Å². The van der Waals surface area contributed by atoms with Crippen LogP contribution in [-0.4, -0.2) is 24.3 Å². The van der Waals surface area contributed by atoms with E-state index in [1.54, 1.807) is 0 Å². The van der Waals surface area contributed by atoms with E-state index in [9.17, 15) is 4.79 Å². The van der Waals surface area contributed by atoms with Gasteiger partial charge in [-0.2, -0.15) is 0 Å². The predicted octanol–water partition coefficient (Wildman–Crippen LogP) is 0.498. The van der Waals surface area contributed by atoms with E-state index < -0.39 is 5.97 Å². The Hall–Kier alpha value is -0.570. The van der Waals surface area contributed by atoms with Gasteiger partial charge >= 0.3 is 5.97 Å². The summed E-state index contributed by atoms with van der Waals surface area (Å²) in [5, 5.41) is 8.32. The average Bonchev–Trinajstić information content (AvgIpc) is 2.15. The molecule has 0 amide bonds. The van der Waals surface area contributed by atoms with Crippen molar-refractivity contribution >= 4 is 5.97 Å². The van der Waals surface area contributed by atoms with Gasteiger partial charge in [0, 0.05) is 6.61 Å². The summed E-state index contributed by atoms with van der Waals surface area (Å²) in [7, 11) is 0. The minimum absolute atomic E-state index is 0.264. The van der Waals surface area contributed by atoms with Gasteiger partial charge in [-0.15, -0.1) is 0 Å². The molecule has 0 aromatic rings. The van der Waals surface area contributed by atoms with Crippen molar-refractivity contribution in [2.45, 2.75) is 12.8 Å². The smallest absolute Gasteiger partial charge is 0.303 e. The normalized spacial score (nSPS) is 26.4. The van der Waals surface area contributed by atoms with Crippen LogP contribution in [0.1, 0.15) is 12.8 Å². The predicted molar refractivity (Wildman–Crippen MR) is 31.2 cm³/mol. The van der Waals surface area contributed by atoms with Crippen LogP contribution in [0.3, 0.4) is 0 Å². The molecule has 0 unspecified atom stereocenters. The van der Waals surface area contributed by atoms with Crippen molar-refractivity contribution in [3.8, 4) is 0 Å². The van der Waals surface area contributed by atoms with Gasteiger partial charge in [0.1, 0.15) is 0 Å². The molecule has 1 heterocycles. The summed E-state index contributed by atoms with van der Waals surface area (Å²) in [4.78, 5) is 10.1. The number of aliphatic carboxylic acids is 1. The zero-order valence-corrected chi connectivity index (χ0v) is 5.17. The van der Waals surface area contributed by atoms with E-state index in [4.69, 9.17) is 9.84 Å². The Morgan fingerprint density at radius 1 is 1.78 bits per heavy atom. The van der Waals surface area contributed by atoms with Crippen LogP contribution in [0.4, 0.5) is 0 Å². The number of carboxylic acid groups (broad SMARTS) is 1. The molecule has 3 nitrogen and oxygen atoms in total. The lowest BCUT2D eigenvalue weighted by Crippen LogP contribution is -2.06. The molecule has 1 saturated heterocycles. The van der Waals surface area contributed by atoms with E-state index in [2.05, 4.69) is 0 Å². The van der Waals surface area contributed by atoms with Gasteiger partial charge in [-0.3, -0.25) is 4.79 Å². The standard InChI is InChI=1S/C6H10O3/c7-6(8)3-5-1-2-9-4-5/h5H,1-4H2,(H,7,8)/t5-/m1/s1. The molecule has 0 aromatic heterocycles. The molecule has 3 heteroatoms. The van der Waals surface area contributed by atoms with E-state index in [0.29, 0.717) is 6.61 Å². The Morgan fingerprint density at radius 3 is 3.00 bits per heavy atom. The van der Waals surface area contributed by atoms with Crippen LogP contribution in [0.2, 0.25) is 0 Å². The number of hydrogen-bond acceptors (Lipinski definition) is 2. The summed E-state index contributed by atoms with van der Waals surface area (Å²) in [5.74, 6) is -0.451. The van der Waals surface area contributed by atoms with E-state index in [1.165, 1.54) is 0 Å². The first-order chi connectivity index (χ1) is 4.29. The molecule has 0 radical (unpaired) electrons. The van der Waals surface area contributed by atoms with E-state index in [0.717, 1.165) is 13.0 Å². The molecule has 0 aromatic carbocycles. The molecule has 1 aliphatic rings. The molecule has 1 aliphatic heterocycles. The summed E-state index contributed by atoms with van der Waals surface area (Å²) in [6.45, 7) is 1.37. The Bertz CT molecular complexity index is 105. The highest BCUT2D eigenvalue weighted by Crippen LogP contribution is 2.15. The summed E-state index contributed by atoms with van der Waals surface area (Å²) in [5.41, 5.74) is 0. The largest absolute Gasteiger partial charge is 0.481 e. The van der Waals surface area contributed by atoms with Gasteiger partial charge in [-0.05, 0) is 12.3 Å². The molecule has 1 fully saturated rings. The van der Waals surface area contributed by atoms with Crippen molar-refractivity contribution in [3.63, 3.8) is 0 Å². The highest BCUT2D eigenvalue weighted by atomic mass is 16.5. The maximum atomic E-state index is 10.1.